The Labute approximate surface area is 125 Å². The van der Waals surface area contributed by atoms with Gasteiger partial charge in [-0.3, -0.25) is 4.79 Å². The van der Waals surface area contributed by atoms with Crippen molar-refractivity contribution < 1.29 is 14.3 Å². The number of unbranched alkanes of at least 4 members (excludes halogenated alkanes) is 1. The number of amides is 1. The van der Waals surface area contributed by atoms with Crippen molar-refractivity contribution in [2.75, 3.05) is 33.5 Å². The zero-order chi connectivity index (χ0) is 15.3. The standard InChI is InChI=1S/C16H22N2O3/c1-20-11-12-21-10-6-5-9-18-16(19)15(13-17)14-7-3-2-4-8-14/h2-4,7-8,15H,5-6,9-12H2,1H3,(H,18,19). The van der Waals surface area contributed by atoms with Gasteiger partial charge in [-0.25, -0.2) is 0 Å². The Bertz CT molecular complexity index is 443. The third kappa shape index (κ3) is 6.89. The Morgan fingerprint density at radius 2 is 2.00 bits per heavy atom. The number of methoxy groups -OCH3 is 1. The van der Waals surface area contributed by atoms with E-state index in [1.807, 2.05) is 24.3 Å². The fourth-order valence-corrected chi connectivity index (χ4v) is 1.82. The number of carbonyl (C=O) groups excluding carboxylic acids is 1. The summed E-state index contributed by atoms with van der Waals surface area (Å²) in [7, 11) is 1.64. The van der Waals surface area contributed by atoms with Crippen molar-refractivity contribution in [2.45, 2.75) is 18.8 Å². The molecule has 0 aromatic heterocycles. The van der Waals surface area contributed by atoms with Gasteiger partial charge in [0.15, 0.2) is 0 Å². The van der Waals surface area contributed by atoms with E-state index in [9.17, 15) is 4.79 Å². The molecular weight excluding hydrogens is 268 g/mol. The largest absolute Gasteiger partial charge is 0.382 e. The molecule has 0 radical (unpaired) electrons. The third-order valence-corrected chi connectivity index (χ3v) is 2.97. The Kier molecular flexibility index (Phi) is 8.85. The van der Waals surface area contributed by atoms with Crippen molar-refractivity contribution in [1.82, 2.24) is 5.32 Å². The molecule has 1 unspecified atom stereocenters. The Morgan fingerprint density at radius 3 is 2.67 bits per heavy atom. The van der Waals surface area contributed by atoms with Crippen LogP contribution in [0.2, 0.25) is 0 Å². The molecule has 0 aliphatic carbocycles. The van der Waals surface area contributed by atoms with Crippen LogP contribution in [0.5, 0.6) is 0 Å². The molecule has 114 valence electrons. The van der Waals surface area contributed by atoms with Crippen molar-refractivity contribution in [3.05, 3.63) is 35.9 Å². The van der Waals surface area contributed by atoms with Gasteiger partial charge in [0.25, 0.3) is 0 Å². The van der Waals surface area contributed by atoms with E-state index in [1.165, 1.54) is 0 Å². The monoisotopic (exact) mass is 290 g/mol. The predicted molar refractivity (Wildman–Crippen MR) is 79.7 cm³/mol. The number of carbonyl (C=O) groups is 1. The number of nitriles is 1. The van der Waals surface area contributed by atoms with Gasteiger partial charge in [0.1, 0.15) is 5.92 Å². The van der Waals surface area contributed by atoms with Gasteiger partial charge in [-0.15, -0.1) is 0 Å². The molecule has 0 spiro atoms. The maximum absolute atomic E-state index is 12.0. The zero-order valence-electron chi connectivity index (χ0n) is 12.4. The summed E-state index contributed by atoms with van der Waals surface area (Å²) in [5.74, 6) is -0.992. The minimum atomic E-state index is -0.746. The van der Waals surface area contributed by atoms with E-state index in [2.05, 4.69) is 5.32 Å². The number of nitrogens with one attached hydrogen (secondary N) is 1. The lowest BCUT2D eigenvalue weighted by molar-refractivity contribution is -0.121. The van der Waals surface area contributed by atoms with Crippen molar-refractivity contribution in [1.29, 1.82) is 5.26 Å². The molecule has 21 heavy (non-hydrogen) atoms. The molecule has 0 aliphatic rings. The third-order valence-electron chi connectivity index (χ3n) is 2.97. The van der Waals surface area contributed by atoms with E-state index in [-0.39, 0.29) is 5.91 Å². The molecule has 1 N–H and O–H groups in total. The maximum Gasteiger partial charge on any atom is 0.241 e. The highest BCUT2D eigenvalue weighted by Gasteiger charge is 2.18. The number of hydrogen-bond acceptors (Lipinski definition) is 4. The molecule has 0 saturated heterocycles. The van der Waals surface area contributed by atoms with Crippen LogP contribution < -0.4 is 5.32 Å². The Morgan fingerprint density at radius 1 is 1.24 bits per heavy atom. The molecule has 1 amide bonds. The van der Waals surface area contributed by atoms with Gasteiger partial charge in [0, 0.05) is 20.3 Å². The van der Waals surface area contributed by atoms with Gasteiger partial charge in [-0.2, -0.15) is 5.26 Å². The Balaban J connectivity index is 2.20. The minimum absolute atomic E-state index is 0.246. The van der Waals surface area contributed by atoms with Gasteiger partial charge >= 0.3 is 0 Å². The highest BCUT2D eigenvalue weighted by atomic mass is 16.5. The number of benzene rings is 1. The van der Waals surface area contributed by atoms with Crippen molar-refractivity contribution >= 4 is 5.91 Å². The van der Waals surface area contributed by atoms with Gasteiger partial charge in [0.05, 0.1) is 19.3 Å². The zero-order valence-corrected chi connectivity index (χ0v) is 12.4. The molecule has 0 aliphatic heterocycles. The summed E-state index contributed by atoms with van der Waals surface area (Å²) in [5, 5.41) is 11.9. The molecule has 5 heteroatoms. The van der Waals surface area contributed by atoms with E-state index in [0.29, 0.717) is 26.4 Å². The first-order valence-electron chi connectivity index (χ1n) is 7.08. The molecule has 1 aromatic carbocycles. The van der Waals surface area contributed by atoms with Gasteiger partial charge in [-0.1, -0.05) is 30.3 Å². The molecule has 0 heterocycles. The number of ether oxygens (including phenoxy) is 2. The first kappa shape index (κ1) is 17.2. The topological polar surface area (TPSA) is 71.3 Å². The van der Waals surface area contributed by atoms with Crippen molar-refractivity contribution in [3.63, 3.8) is 0 Å². The quantitative estimate of drug-likeness (QED) is 0.668. The number of rotatable bonds is 10. The van der Waals surface area contributed by atoms with E-state index in [0.717, 1.165) is 18.4 Å². The molecule has 5 nitrogen and oxygen atoms in total. The van der Waals surface area contributed by atoms with E-state index in [1.54, 1.807) is 19.2 Å². The van der Waals surface area contributed by atoms with E-state index in [4.69, 9.17) is 14.7 Å². The summed E-state index contributed by atoms with van der Waals surface area (Å²) in [6.45, 7) is 2.39. The van der Waals surface area contributed by atoms with Crippen LogP contribution in [0.1, 0.15) is 24.3 Å². The molecule has 0 fully saturated rings. The molecule has 1 rings (SSSR count). The van der Waals surface area contributed by atoms with Gasteiger partial charge in [-0.05, 0) is 18.4 Å². The lowest BCUT2D eigenvalue weighted by atomic mass is 10.00. The lowest BCUT2D eigenvalue weighted by Gasteiger charge is -2.10. The van der Waals surface area contributed by atoms with Crippen LogP contribution >= 0.6 is 0 Å². The normalized spacial score (nSPS) is 11.6. The second-order valence-corrected chi connectivity index (χ2v) is 4.58. The maximum atomic E-state index is 12.0. The van der Waals surface area contributed by atoms with Crippen LogP contribution in [0.15, 0.2) is 30.3 Å². The lowest BCUT2D eigenvalue weighted by Crippen LogP contribution is -2.29. The molecule has 0 bridgehead atoms. The SMILES string of the molecule is COCCOCCCCNC(=O)C(C#N)c1ccccc1. The summed E-state index contributed by atoms with van der Waals surface area (Å²) in [4.78, 5) is 12.0. The highest BCUT2D eigenvalue weighted by Crippen LogP contribution is 2.14. The summed E-state index contributed by atoms with van der Waals surface area (Å²) >= 11 is 0. The highest BCUT2D eigenvalue weighted by molar-refractivity contribution is 5.86. The molecular formula is C16H22N2O3. The minimum Gasteiger partial charge on any atom is -0.382 e. The summed E-state index contributed by atoms with van der Waals surface area (Å²) < 4.78 is 10.2. The number of nitrogens with zero attached hydrogens (tertiary/aromatic N) is 1. The van der Waals surface area contributed by atoms with Crippen LogP contribution in [-0.2, 0) is 14.3 Å². The second-order valence-electron chi connectivity index (χ2n) is 4.58. The first-order chi connectivity index (χ1) is 10.3. The fraction of sp³-hybridized carbons (Fsp3) is 0.500. The van der Waals surface area contributed by atoms with Crippen LogP contribution in [0.25, 0.3) is 0 Å². The van der Waals surface area contributed by atoms with Crippen LogP contribution in [0.3, 0.4) is 0 Å². The first-order valence-corrected chi connectivity index (χ1v) is 7.08. The summed E-state index contributed by atoms with van der Waals surface area (Å²) in [5.41, 5.74) is 0.723. The van der Waals surface area contributed by atoms with Crippen LogP contribution in [0, 0.1) is 11.3 Å². The van der Waals surface area contributed by atoms with Crippen LogP contribution in [-0.4, -0.2) is 39.4 Å². The summed E-state index contributed by atoms with van der Waals surface area (Å²) in [6.07, 6.45) is 1.69. The predicted octanol–water partition coefficient (Wildman–Crippen LogP) is 1.85. The average Bonchev–Trinajstić information content (AvgIpc) is 2.52. The van der Waals surface area contributed by atoms with Gasteiger partial charge in [0.2, 0.25) is 5.91 Å². The Hall–Kier alpha value is -1.90. The van der Waals surface area contributed by atoms with E-state index < -0.39 is 5.92 Å². The van der Waals surface area contributed by atoms with Crippen molar-refractivity contribution in [3.8, 4) is 6.07 Å². The van der Waals surface area contributed by atoms with Gasteiger partial charge < -0.3 is 14.8 Å². The smallest absolute Gasteiger partial charge is 0.241 e. The molecule has 1 atom stereocenters. The van der Waals surface area contributed by atoms with Crippen molar-refractivity contribution in [2.24, 2.45) is 0 Å². The molecule has 1 aromatic rings. The number of hydrogen-bond donors (Lipinski definition) is 1. The van der Waals surface area contributed by atoms with E-state index >= 15 is 0 Å². The fourth-order valence-electron chi connectivity index (χ4n) is 1.82. The molecule has 0 saturated carbocycles. The second kappa shape index (κ2) is 10.8. The average molecular weight is 290 g/mol. The van der Waals surface area contributed by atoms with Crippen LogP contribution in [0.4, 0.5) is 0 Å². The summed E-state index contributed by atoms with van der Waals surface area (Å²) in [6, 6.07) is 11.1.